The van der Waals surface area contributed by atoms with E-state index < -0.39 is 5.97 Å². The van der Waals surface area contributed by atoms with Crippen LogP contribution in [0.5, 0.6) is 0 Å². The zero-order valence-electron chi connectivity index (χ0n) is 11.1. The van der Waals surface area contributed by atoms with Crippen molar-refractivity contribution in [1.29, 1.82) is 0 Å². The molecule has 1 saturated heterocycles. The van der Waals surface area contributed by atoms with Crippen molar-refractivity contribution in [1.82, 2.24) is 4.90 Å². The molecule has 20 heavy (non-hydrogen) atoms. The van der Waals surface area contributed by atoms with Crippen LogP contribution < -0.4 is 0 Å². The molecule has 4 nitrogen and oxygen atoms in total. The van der Waals surface area contributed by atoms with Gasteiger partial charge in [-0.2, -0.15) is 11.8 Å². The van der Waals surface area contributed by atoms with Crippen molar-refractivity contribution in [3.8, 4) is 0 Å². The van der Waals surface area contributed by atoms with Gasteiger partial charge in [0.05, 0.1) is 11.3 Å². The molecule has 0 bridgehead atoms. The fraction of sp³-hybridized carbons (Fsp3) is 0.571. The number of rotatable bonds is 3. The summed E-state index contributed by atoms with van der Waals surface area (Å²) in [6.07, 6.45) is 2.83. The Bertz CT molecular complexity index is 517. The molecule has 0 radical (unpaired) electrons. The lowest BCUT2D eigenvalue weighted by atomic mass is 10.1. The molecule has 6 heteroatoms. The molecule has 1 aromatic rings. The first kappa shape index (κ1) is 13.9. The molecule has 3 rings (SSSR count). The minimum absolute atomic E-state index is 0.0261. The monoisotopic (exact) mass is 311 g/mol. The second-order valence-electron chi connectivity index (χ2n) is 5.25. The van der Waals surface area contributed by atoms with E-state index in [-0.39, 0.29) is 18.4 Å². The topological polar surface area (TPSA) is 57.6 Å². The summed E-state index contributed by atoms with van der Waals surface area (Å²) in [4.78, 5) is 27.4. The van der Waals surface area contributed by atoms with Crippen LogP contribution in [0.25, 0.3) is 0 Å². The number of carboxylic acid groups (broad SMARTS) is 1. The van der Waals surface area contributed by atoms with Gasteiger partial charge >= 0.3 is 5.97 Å². The SMILES string of the molecule is O=C(O)CC1CCCN1C(=O)c1cc2c(s1)CCSC2. The number of hydrogen-bond donors (Lipinski definition) is 1. The Morgan fingerprint density at radius 2 is 2.30 bits per heavy atom. The molecular formula is C14H17NO3S2. The van der Waals surface area contributed by atoms with Crippen molar-refractivity contribution in [3.63, 3.8) is 0 Å². The van der Waals surface area contributed by atoms with Gasteiger partial charge in [-0.15, -0.1) is 11.3 Å². The molecule has 1 amide bonds. The molecule has 0 spiro atoms. The molecule has 3 heterocycles. The largest absolute Gasteiger partial charge is 0.481 e. The summed E-state index contributed by atoms with van der Waals surface area (Å²) < 4.78 is 0. The Hall–Kier alpha value is -1.01. The van der Waals surface area contributed by atoms with Gasteiger partial charge in [-0.25, -0.2) is 0 Å². The number of nitrogens with zero attached hydrogens (tertiary/aromatic N) is 1. The maximum absolute atomic E-state index is 12.6. The lowest BCUT2D eigenvalue weighted by molar-refractivity contribution is -0.137. The zero-order valence-corrected chi connectivity index (χ0v) is 12.8. The Morgan fingerprint density at radius 3 is 3.05 bits per heavy atom. The van der Waals surface area contributed by atoms with Gasteiger partial charge in [-0.05, 0) is 36.6 Å². The first-order chi connectivity index (χ1) is 9.65. The molecule has 1 fully saturated rings. The van der Waals surface area contributed by atoms with Gasteiger partial charge in [0.2, 0.25) is 0 Å². The van der Waals surface area contributed by atoms with Gasteiger partial charge in [0.25, 0.3) is 5.91 Å². The van der Waals surface area contributed by atoms with Crippen molar-refractivity contribution in [2.24, 2.45) is 0 Å². The number of amides is 1. The van der Waals surface area contributed by atoms with E-state index in [0.29, 0.717) is 6.54 Å². The van der Waals surface area contributed by atoms with E-state index in [2.05, 4.69) is 0 Å². The Kier molecular flexibility index (Phi) is 4.03. The average Bonchev–Trinajstić information content (AvgIpc) is 3.03. The summed E-state index contributed by atoms with van der Waals surface area (Å²) in [6, 6.07) is 1.89. The lowest BCUT2D eigenvalue weighted by Crippen LogP contribution is -2.36. The van der Waals surface area contributed by atoms with E-state index in [9.17, 15) is 9.59 Å². The number of thiophene rings is 1. The van der Waals surface area contributed by atoms with Gasteiger partial charge in [0, 0.05) is 23.2 Å². The standard InChI is InChI=1S/C14H17NO3S2/c16-13(17)7-10-2-1-4-15(10)14(18)12-6-9-8-19-5-3-11(9)20-12/h6,10H,1-5,7-8H2,(H,16,17). The molecule has 0 aliphatic carbocycles. The third kappa shape index (κ3) is 2.72. The fourth-order valence-electron chi connectivity index (χ4n) is 2.91. The minimum atomic E-state index is -0.823. The Morgan fingerprint density at radius 1 is 1.45 bits per heavy atom. The smallest absolute Gasteiger partial charge is 0.305 e. The maximum Gasteiger partial charge on any atom is 0.305 e. The molecule has 2 aliphatic rings. The molecule has 1 N–H and O–H groups in total. The van der Waals surface area contributed by atoms with E-state index in [4.69, 9.17) is 5.11 Å². The summed E-state index contributed by atoms with van der Waals surface area (Å²) in [6.45, 7) is 0.689. The van der Waals surface area contributed by atoms with Crippen LogP contribution in [0.15, 0.2) is 6.07 Å². The van der Waals surface area contributed by atoms with E-state index in [1.807, 2.05) is 17.8 Å². The number of likely N-dealkylation sites (tertiary alicyclic amines) is 1. The summed E-state index contributed by atoms with van der Waals surface area (Å²) in [7, 11) is 0. The first-order valence-electron chi connectivity index (χ1n) is 6.87. The molecule has 1 unspecified atom stereocenters. The van der Waals surface area contributed by atoms with Crippen LogP contribution in [0.1, 0.15) is 39.4 Å². The number of fused-ring (bicyclic) bond motifs is 1. The van der Waals surface area contributed by atoms with Crippen molar-refractivity contribution in [2.75, 3.05) is 12.3 Å². The normalized spacial score (nSPS) is 21.8. The number of carbonyl (C=O) groups excluding carboxylic acids is 1. The number of thioether (sulfide) groups is 1. The molecule has 0 aromatic carbocycles. The molecule has 1 atom stereocenters. The van der Waals surface area contributed by atoms with Gasteiger partial charge in [0.15, 0.2) is 0 Å². The number of aliphatic carboxylic acids is 1. The second-order valence-corrected chi connectivity index (χ2v) is 7.50. The highest BCUT2D eigenvalue weighted by molar-refractivity contribution is 7.98. The van der Waals surface area contributed by atoms with E-state index >= 15 is 0 Å². The highest BCUT2D eigenvalue weighted by Crippen LogP contribution is 2.33. The molecule has 1 aromatic heterocycles. The van der Waals surface area contributed by atoms with Crippen LogP contribution >= 0.6 is 23.1 Å². The van der Waals surface area contributed by atoms with Crippen molar-refractivity contribution < 1.29 is 14.7 Å². The summed E-state index contributed by atoms with van der Waals surface area (Å²) in [5.41, 5.74) is 1.29. The van der Waals surface area contributed by atoms with Crippen LogP contribution in [0.2, 0.25) is 0 Å². The predicted octanol–water partition coefficient (Wildman–Crippen LogP) is 2.62. The number of hydrogen-bond acceptors (Lipinski definition) is 4. The van der Waals surface area contributed by atoms with E-state index in [1.165, 1.54) is 10.4 Å². The highest BCUT2D eigenvalue weighted by atomic mass is 32.2. The summed E-state index contributed by atoms with van der Waals surface area (Å²) in [5.74, 6) is 1.33. The van der Waals surface area contributed by atoms with Gasteiger partial charge < -0.3 is 10.0 Å². The first-order valence-corrected chi connectivity index (χ1v) is 8.84. The van der Waals surface area contributed by atoms with Crippen molar-refractivity contribution in [2.45, 2.75) is 37.5 Å². The van der Waals surface area contributed by atoms with Crippen LogP contribution in [0.4, 0.5) is 0 Å². The van der Waals surface area contributed by atoms with Crippen LogP contribution in [-0.4, -0.2) is 40.2 Å². The molecule has 2 aliphatic heterocycles. The highest BCUT2D eigenvalue weighted by Gasteiger charge is 2.32. The van der Waals surface area contributed by atoms with Crippen molar-refractivity contribution in [3.05, 3.63) is 21.4 Å². The summed E-state index contributed by atoms with van der Waals surface area (Å²) >= 11 is 3.51. The molecule has 0 saturated carbocycles. The summed E-state index contributed by atoms with van der Waals surface area (Å²) in [5, 5.41) is 8.94. The van der Waals surface area contributed by atoms with Gasteiger partial charge in [-0.3, -0.25) is 9.59 Å². The average molecular weight is 311 g/mol. The van der Waals surface area contributed by atoms with E-state index in [0.717, 1.165) is 35.6 Å². The van der Waals surface area contributed by atoms with Crippen LogP contribution in [0.3, 0.4) is 0 Å². The maximum atomic E-state index is 12.6. The quantitative estimate of drug-likeness (QED) is 0.932. The number of carboxylic acids is 1. The van der Waals surface area contributed by atoms with Gasteiger partial charge in [0.1, 0.15) is 0 Å². The molecule has 108 valence electrons. The third-order valence-electron chi connectivity index (χ3n) is 3.89. The van der Waals surface area contributed by atoms with Crippen LogP contribution in [0, 0.1) is 0 Å². The Labute approximate surface area is 126 Å². The van der Waals surface area contributed by atoms with Crippen molar-refractivity contribution >= 4 is 35.0 Å². The molecular weight excluding hydrogens is 294 g/mol. The van der Waals surface area contributed by atoms with E-state index in [1.54, 1.807) is 16.2 Å². The van der Waals surface area contributed by atoms with Gasteiger partial charge in [-0.1, -0.05) is 0 Å². The minimum Gasteiger partial charge on any atom is -0.481 e. The fourth-order valence-corrected chi connectivity index (χ4v) is 5.24. The zero-order chi connectivity index (χ0) is 14.1. The second kappa shape index (κ2) is 5.77. The Balaban J connectivity index is 1.77. The number of aryl methyl sites for hydroxylation is 1. The third-order valence-corrected chi connectivity index (χ3v) is 6.12. The predicted molar refractivity (Wildman–Crippen MR) is 80.5 cm³/mol. The number of carbonyl (C=O) groups is 2. The van der Waals surface area contributed by atoms with Crippen LogP contribution in [-0.2, 0) is 17.0 Å². The lowest BCUT2D eigenvalue weighted by Gasteiger charge is -2.22.